The standard InChI is InChI=1S/C38H38Cl2N6O/c39-35-11-3-1-7-27(35)23-43-17-5-9-31(25-43)45-37-15-13-33(19-29(37)21-41-45)47-34-14-16-38-30(20-34)22-42-46(38)32-10-6-18-44(26-32)24-28-8-2-4-12-36(28)40/h1-4,7-8,11-16,19-22,31-32H,5-6,9-10,17-18,23-26H2. The maximum Gasteiger partial charge on any atom is 0.128 e. The monoisotopic (exact) mass is 664 g/mol. The second kappa shape index (κ2) is 13.3. The van der Waals surface area contributed by atoms with Crippen molar-refractivity contribution in [2.75, 3.05) is 26.2 Å². The molecule has 2 aliphatic heterocycles. The van der Waals surface area contributed by atoms with E-state index in [9.17, 15) is 0 Å². The Morgan fingerprint density at radius 2 is 1.09 bits per heavy atom. The van der Waals surface area contributed by atoms with E-state index >= 15 is 0 Å². The molecule has 4 heterocycles. The van der Waals surface area contributed by atoms with Crippen LogP contribution in [0.1, 0.15) is 48.9 Å². The lowest BCUT2D eigenvalue weighted by atomic mass is 10.0. The number of hydrogen-bond donors (Lipinski definition) is 0. The Balaban J connectivity index is 0.942. The molecule has 7 nitrogen and oxygen atoms in total. The highest BCUT2D eigenvalue weighted by molar-refractivity contribution is 6.31. The molecule has 2 atom stereocenters. The summed E-state index contributed by atoms with van der Waals surface area (Å²) < 4.78 is 10.8. The quantitative estimate of drug-likeness (QED) is 0.162. The van der Waals surface area contributed by atoms with Crippen LogP contribution in [0.4, 0.5) is 0 Å². The zero-order chi connectivity index (χ0) is 31.7. The normalized spacial score (nSPS) is 19.4. The molecule has 0 N–H and O–H groups in total. The van der Waals surface area contributed by atoms with Gasteiger partial charge in [0.05, 0.1) is 35.5 Å². The second-order valence-corrected chi connectivity index (χ2v) is 13.8. The van der Waals surface area contributed by atoms with Crippen molar-refractivity contribution in [2.45, 2.75) is 50.9 Å². The van der Waals surface area contributed by atoms with Crippen LogP contribution in [-0.2, 0) is 13.1 Å². The van der Waals surface area contributed by atoms with Gasteiger partial charge in [0.15, 0.2) is 0 Å². The maximum atomic E-state index is 6.46. The van der Waals surface area contributed by atoms with E-state index in [4.69, 9.17) is 38.1 Å². The number of piperidine rings is 2. The number of hydrogen-bond acceptors (Lipinski definition) is 5. The molecule has 0 spiro atoms. The average Bonchev–Trinajstić information content (AvgIpc) is 3.71. The Morgan fingerprint density at radius 3 is 1.55 bits per heavy atom. The summed E-state index contributed by atoms with van der Waals surface area (Å²) in [5, 5.41) is 13.5. The van der Waals surface area contributed by atoms with Crippen LogP contribution in [0.3, 0.4) is 0 Å². The molecule has 0 bridgehead atoms. The smallest absolute Gasteiger partial charge is 0.128 e. The zero-order valence-electron chi connectivity index (χ0n) is 26.3. The number of benzene rings is 4. The van der Waals surface area contributed by atoms with Gasteiger partial charge in [-0.1, -0.05) is 59.6 Å². The third kappa shape index (κ3) is 6.50. The largest absolute Gasteiger partial charge is 0.457 e. The molecule has 4 aromatic carbocycles. The second-order valence-electron chi connectivity index (χ2n) is 13.0. The van der Waals surface area contributed by atoms with Gasteiger partial charge in [-0.25, -0.2) is 0 Å². The minimum atomic E-state index is 0.321. The summed E-state index contributed by atoms with van der Waals surface area (Å²) in [5.74, 6) is 1.60. The van der Waals surface area contributed by atoms with Gasteiger partial charge in [0.25, 0.3) is 0 Å². The highest BCUT2D eigenvalue weighted by Crippen LogP contribution is 2.33. The molecular weight excluding hydrogens is 627 g/mol. The Morgan fingerprint density at radius 1 is 0.617 bits per heavy atom. The molecule has 47 heavy (non-hydrogen) atoms. The zero-order valence-corrected chi connectivity index (χ0v) is 27.8. The van der Waals surface area contributed by atoms with Crippen LogP contribution >= 0.6 is 23.2 Å². The van der Waals surface area contributed by atoms with E-state index in [0.717, 1.165) is 108 Å². The predicted molar refractivity (Wildman–Crippen MR) is 190 cm³/mol. The molecule has 2 aromatic heterocycles. The number of nitrogens with zero attached hydrogens (tertiary/aromatic N) is 6. The number of ether oxygens (including phenoxy) is 1. The lowest BCUT2D eigenvalue weighted by molar-refractivity contribution is 0.165. The van der Waals surface area contributed by atoms with Gasteiger partial charge in [-0.05, 0) is 98.4 Å². The minimum absolute atomic E-state index is 0.321. The summed E-state index contributed by atoms with van der Waals surface area (Å²) in [6.07, 6.45) is 8.42. The molecule has 0 radical (unpaired) electrons. The molecule has 6 aromatic rings. The van der Waals surface area contributed by atoms with E-state index < -0.39 is 0 Å². The van der Waals surface area contributed by atoms with E-state index in [1.807, 2.05) is 48.8 Å². The van der Waals surface area contributed by atoms with Gasteiger partial charge >= 0.3 is 0 Å². The molecule has 2 aliphatic rings. The predicted octanol–water partition coefficient (Wildman–Crippen LogP) is 9.16. The minimum Gasteiger partial charge on any atom is -0.457 e. The van der Waals surface area contributed by atoms with Crippen molar-refractivity contribution in [1.29, 1.82) is 0 Å². The molecule has 2 fully saturated rings. The van der Waals surface area contributed by atoms with Crippen LogP contribution in [0, 0.1) is 0 Å². The van der Waals surface area contributed by atoms with Crippen molar-refractivity contribution in [2.24, 2.45) is 0 Å². The number of fused-ring (bicyclic) bond motifs is 2. The van der Waals surface area contributed by atoms with Gasteiger partial charge in [-0.15, -0.1) is 0 Å². The first-order valence-corrected chi connectivity index (χ1v) is 17.4. The van der Waals surface area contributed by atoms with E-state index in [0.29, 0.717) is 12.1 Å². The van der Waals surface area contributed by atoms with E-state index in [2.05, 4.69) is 67.7 Å². The van der Waals surface area contributed by atoms with Crippen molar-refractivity contribution in [1.82, 2.24) is 29.4 Å². The fourth-order valence-corrected chi connectivity index (χ4v) is 7.78. The van der Waals surface area contributed by atoms with E-state index in [-0.39, 0.29) is 0 Å². The topological polar surface area (TPSA) is 51.4 Å². The number of likely N-dealkylation sites (tertiary alicyclic amines) is 2. The lowest BCUT2D eigenvalue weighted by Crippen LogP contribution is -2.36. The van der Waals surface area contributed by atoms with Crippen LogP contribution in [0.15, 0.2) is 97.3 Å². The fraction of sp³-hybridized carbons (Fsp3) is 0.316. The Hall–Kier alpha value is -3.88. The Labute approximate surface area is 285 Å². The van der Waals surface area contributed by atoms with Gasteiger partial charge < -0.3 is 4.74 Å². The van der Waals surface area contributed by atoms with E-state index in [1.165, 1.54) is 11.1 Å². The van der Waals surface area contributed by atoms with Gasteiger partial charge in [0.2, 0.25) is 0 Å². The molecule has 0 aliphatic carbocycles. The van der Waals surface area contributed by atoms with Gasteiger partial charge in [0, 0.05) is 47.0 Å². The molecule has 0 saturated carbocycles. The average molecular weight is 666 g/mol. The maximum absolute atomic E-state index is 6.46. The summed E-state index contributed by atoms with van der Waals surface area (Å²) in [6, 6.07) is 29.5. The molecule has 2 saturated heterocycles. The molecule has 240 valence electrons. The SMILES string of the molecule is Clc1ccccc1CN1CCCC(n2ncc3cc(Oc4ccc5c(cnn5C5CCCN(Cc6ccccc6Cl)C5)c4)ccc32)C1. The summed E-state index contributed by atoms with van der Waals surface area (Å²) >= 11 is 12.9. The van der Waals surface area contributed by atoms with Gasteiger partial charge in [0.1, 0.15) is 11.5 Å². The lowest BCUT2D eigenvalue weighted by Gasteiger charge is -2.33. The summed E-state index contributed by atoms with van der Waals surface area (Å²) in [4.78, 5) is 4.98. The van der Waals surface area contributed by atoms with Crippen LogP contribution in [0.25, 0.3) is 21.8 Å². The summed E-state index contributed by atoms with van der Waals surface area (Å²) in [5.41, 5.74) is 4.62. The first-order valence-electron chi connectivity index (χ1n) is 16.6. The van der Waals surface area contributed by atoms with Crippen molar-refractivity contribution in [3.8, 4) is 11.5 Å². The molecule has 0 amide bonds. The first-order chi connectivity index (χ1) is 23.1. The van der Waals surface area contributed by atoms with Crippen molar-refractivity contribution in [3.63, 3.8) is 0 Å². The molecular formula is C38H38Cl2N6O. The van der Waals surface area contributed by atoms with Crippen molar-refractivity contribution < 1.29 is 4.74 Å². The Kier molecular flexibility index (Phi) is 8.63. The van der Waals surface area contributed by atoms with Crippen molar-refractivity contribution >= 4 is 45.0 Å². The molecule has 2 unspecified atom stereocenters. The molecule has 8 rings (SSSR count). The number of halogens is 2. The number of aromatic nitrogens is 4. The summed E-state index contributed by atoms with van der Waals surface area (Å²) in [6.45, 7) is 5.77. The van der Waals surface area contributed by atoms with E-state index in [1.54, 1.807) is 0 Å². The third-order valence-corrected chi connectivity index (χ3v) is 10.5. The van der Waals surface area contributed by atoms with Crippen LogP contribution in [0.5, 0.6) is 11.5 Å². The van der Waals surface area contributed by atoms with Crippen LogP contribution in [0.2, 0.25) is 10.0 Å². The highest BCUT2D eigenvalue weighted by atomic mass is 35.5. The summed E-state index contributed by atoms with van der Waals surface area (Å²) in [7, 11) is 0. The molecule has 9 heteroatoms. The fourth-order valence-electron chi connectivity index (χ4n) is 7.39. The highest BCUT2D eigenvalue weighted by Gasteiger charge is 2.25. The first kappa shape index (κ1) is 30.5. The van der Waals surface area contributed by atoms with Crippen molar-refractivity contribution in [3.05, 3.63) is 118 Å². The van der Waals surface area contributed by atoms with Gasteiger partial charge in [-0.3, -0.25) is 19.2 Å². The number of rotatable bonds is 8. The van der Waals surface area contributed by atoms with Crippen LogP contribution < -0.4 is 4.74 Å². The third-order valence-electron chi connectivity index (χ3n) is 9.73. The van der Waals surface area contributed by atoms with Crippen LogP contribution in [-0.4, -0.2) is 55.5 Å². The van der Waals surface area contributed by atoms with Gasteiger partial charge in [-0.2, -0.15) is 10.2 Å². The Bertz CT molecular complexity index is 1880.